The molecule has 280 valence electrons. The first kappa shape index (κ1) is 37.7. The van der Waals surface area contributed by atoms with Crippen molar-refractivity contribution in [2.45, 2.75) is 114 Å². The number of benzene rings is 2. The summed E-state index contributed by atoms with van der Waals surface area (Å²) in [5.74, 6) is 0. The molecule has 0 radical (unpaired) electrons. The van der Waals surface area contributed by atoms with Gasteiger partial charge in [0.1, 0.15) is 0 Å². The minimum Gasteiger partial charge on any atom is -0.307 e. The largest absolute Gasteiger partial charge is 0.307 e. The highest BCUT2D eigenvalue weighted by Gasteiger charge is 2.19. The van der Waals surface area contributed by atoms with Gasteiger partial charge in [-0.15, -0.1) is 0 Å². The summed E-state index contributed by atoms with van der Waals surface area (Å²) < 4.78 is 0. The summed E-state index contributed by atoms with van der Waals surface area (Å²) in [4.78, 5) is 20.1. The monoisotopic (exact) mass is 721 g/mol. The summed E-state index contributed by atoms with van der Waals surface area (Å²) in [7, 11) is 0. The van der Waals surface area contributed by atoms with Crippen molar-refractivity contribution in [1.29, 1.82) is 0 Å². The molecule has 0 saturated carbocycles. The van der Waals surface area contributed by atoms with Crippen LogP contribution in [0.2, 0.25) is 0 Å². The maximum absolute atomic E-state index is 5.05. The van der Waals surface area contributed by atoms with Crippen LogP contribution in [-0.2, 0) is 72.0 Å². The Morgan fingerprint density at radius 3 is 1.00 bits per heavy atom. The molecule has 9 heteroatoms. The smallest absolute Gasteiger partial charge is 0.0811 e. The Labute approximate surface area is 321 Å². The van der Waals surface area contributed by atoms with Gasteiger partial charge in [0.25, 0.3) is 0 Å². The average molecular weight is 722 g/mol. The van der Waals surface area contributed by atoms with Crippen molar-refractivity contribution in [1.82, 2.24) is 41.5 Å². The fourth-order valence-corrected chi connectivity index (χ4v) is 8.27. The van der Waals surface area contributed by atoms with E-state index in [1.807, 2.05) is 12.3 Å². The van der Waals surface area contributed by atoms with Gasteiger partial charge in [0.15, 0.2) is 0 Å². The molecule has 0 unspecified atom stereocenters. The number of rotatable bonds is 0. The number of fused-ring (bicyclic) bond motifs is 11. The van der Waals surface area contributed by atoms with Gasteiger partial charge in [0.2, 0.25) is 0 Å². The highest BCUT2D eigenvalue weighted by molar-refractivity contribution is 5.77. The number of aliphatic imine (C=N–C) groups is 1. The highest BCUT2D eigenvalue weighted by Crippen LogP contribution is 2.30. The lowest BCUT2D eigenvalue weighted by Crippen LogP contribution is -2.23. The van der Waals surface area contributed by atoms with E-state index in [1.165, 1.54) is 66.8 Å². The number of hydrogen-bond donors (Lipinski definition) is 5. The molecule has 12 bridgehead atoms. The third-order valence-corrected chi connectivity index (χ3v) is 11.5. The van der Waals surface area contributed by atoms with Gasteiger partial charge in [0.05, 0.1) is 40.7 Å². The predicted molar refractivity (Wildman–Crippen MR) is 218 cm³/mol. The summed E-state index contributed by atoms with van der Waals surface area (Å²) in [6.45, 7) is 21.4. The molecule has 0 aliphatic carbocycles. The molecule has 3 aliphatic rings. The zero-order valence-electron chi connectivity index (χ0n) is 32.8. The van der Waals surface area contributed by atoms with Crippen molar-refractivity contribution in [2.75, 3.05) is 0 Å². The van der Waals surface area contributed by atoms with Crippen LogP contribution in [0.1, 0.15) is 101 Å². The number of nitrogens with zero attached hydrogens (tertiary/aromatic N) is 4. The maximum Gasteiger partial charge on any atom is 0.0811 e. The average Bonchev–Trinajstić information content (AvgIpc) is 3.16. The first-order valence-corrected chi connectivity index (χ1v) is 19.4. The van der Waals surface area contributed by atoms with Crippen LogP contribution in [0.25, 0.3) is 0 Å². The van der Waals surface area contributed by atoms with E-state index in [2.05, 4.69) is 117 Å². The Hall–Kier alpha value is -4.64. The number of pyridine rings is 3. The Morgan fingerprint density at radius 2 is 0.648 bits per heavy atom. The van der Waals surface area contributed by atoms with Crippen LogP contribution < -0.4 is 26.6 Å². The quantitative estimate of drug-likeness (QED) is 0.125. The second kappa shape index (κ2) is 17.2. The van der Waals surface area contributed by atoms with E-state index in [0.29, 0.717) is 39.3 Å². The Morgan fingerprint density at radius 1 is 0.352 bits per heavy atom. The summed E-state index contributed by atoms with van der Waals surface area (Å²) in [5.41, 5.74) is 21.9. The van der Waals surface area contributed by atoms with Gasteiger partial charge >= 0.3 is 0 Å². The molecule has 6 heterocycles. The first-order valence-electron chi connectivity index (χ1n) is 19.4. The van der Waals surface area contributed by atoms with Crippen LogP contribution in [0, 0.1) is 41.5 Å². The molecule has 3 aliphatic heterocycles. The van der Waals surface area contributed by atoms with Gasteiger partial charge in [-0.1, -0.05) is 18.2 Å². The molecule has 54 heavy (non-hydrogen) atoms. The van der Waals surface area contributed by atoms with Gasteiger partial charge < -0.3 is 26.6 Å². The van der Waals surface area contributed by atoms with Gasteiger partial charge in [0, 0.05) is 71.7 Å². The van der Waals surface area contributed by atoms with Crippen molar-refractivity contribution < 1.29 is 0 Å². The van der Waals surface area contributed by atoms with Crippen LogP contribution in [-0.4, -0.2) is 21.2 Å². The van der Waals surface area contributed by atoms with Crippen LogP contribution in [0.4, 0.5) is 0 Å². The van der Waals surface area contributed by atoms with E-state index in [-0.39, 0.29) is 0 Å². The van der Waals surface area contributed by atoms with Gasteiger partial charge in [-0.05, 0) is 145 Å². The van der Waals surface area contributed by atoms with E-state index in [1.54, 1.807) is 0 Å². The standard InChI is InChI=1S/C45H55N9/c1-28-40-22-46-16-34-10-7-12-37(52-34)19-49-25-43-31(4)44-26-50-20-38-13-8-11-35(53-38)17-47-23-41(28)30(3)42(29(40)2)24-48-18-36-14-9-15-39(54-36)21-51-27-45(32(43)5)33(44)6/h7-16,47-51H,17-27H2,1-6H3. The number of nitrogens with one attached hydrogen (secondary N) is 5. The van der Waals surface area contributed by atoms with Gasteiger partial charge in [-0.25, -0.2) is 0 Å². The molecule has 0 spiro atoms. The zero-order valence-corrected chi connectivity index (χ0v) is 32.8. The third-order valence-electron chi connectivity index (χ3n) is 11.5. The van der Waals surface area contributed by atoms with Crippen molar-refractivity contribution in [2.24, 2.45) is 4.99 Å². The SMILES string of the molecule is Cc1c2c(C)c3c(C)c1CNCc1cccc(n1)CNCc1c(C)c(c(C)c(c1C)CNCc1cccc(n1)CNC3)CNCc1cccc(n1)C=NC2. The summed E-state index contributed by atoms with van der Waals surface area (Å²) in [6.07, 6.45) is 1.93. The summed E-state index contributed by atoms with van der Waals surface area (Å²) in [6, 6.07) is 19.0. The number of hydrogen-bond acceptors (Lipinski definition) is 9. The molecule has 0 atom stereocenters. The van der Waals surface area contributed by atoms with E-state index in [0.717, 1.165) is 66.9 Å². The second-order valence-corrected chi connectivity index (χ2v) is 14.9. The molecule has 0 fully saturated rings. The van der Waals surface area contributed by atoms with Crippen molar-refractivity contribution >= 4 is 6.21 Å². The molecule has 5 aromatic rings. The van der Waals surface area contributed by atoms with Crippen LogP contribution in [0.5, 0.6) is 0 Å². The minimum atomic E-state index is 0.589. The highest BCUT2D eigenvalue weighted by atomic mass is 14.9. The van der Waals surface area contributed by atoms with Crippen LogP contribution in [0.3, 0.4) is 0 Å². The lowest BCUT2D eigenvalue weighted by Gasteiger charge is -2.24. The van der Waals surface area contributed by atoms with E-state index >= 15 is 0 Å². The Balaban J connectivity index is 1.34. The van der Waals surface area contributed by atoms with Gasteiger partial charge in [-0.3, -0.25) is 19.9 Å². The normalized spacial score (nSPS) is 15.8. The van der Waals surface area contributed by atoms with Crippen molar-refractivity contribution in [3.63, 3.8) is 0 Å². The molecular weight excluding hydrogens is 667 g/mol. The summed E-state index contributed by atoms with van der Waals surface area (Å²) >= 11 is 0. The predicted octanol–water partition coefficient (Wildman–Crippen LogP) is 6.42. The zero-order chi connectivity index (χ0) is 37.6. The van der Waals surface area contributed by atoms with E-state index in [9.17, 15) is 0 Å². The topological polar surface area (TPSA) is 111 Å². The molecule has 8 rings (SSSR count). The lowest BCUT2D eigenvalue weighted by molar-refractivity contribution is 0.632. The fraction of sp³-hybridized carbons (Fsp3) is 0.378. The molecule has 3 aromatic heterocycles. The van der Waals surface area contributed by atoms with E-state index in [4.69, 9.17) is 19.9 Å². The first-order chi connectivity index (χ1) is 26.3. The Kier molecular flexibility index (Phi) is 12.0. The van der Waals surface area contributed by atoms with Gasteiger partial charge in [-0.2, -0.15) is 0 Å². The van der Waals surface area contributed by atoms with E-state index < -0.39 is 0 Å². The lowest BCUT2D eigenvalue weighted by atomic mass is 9.87. The van der Waals surface area contributed by atoms with Crippen LogP contribution >= 0.6 is 0 Å². The van der Waals surface area contributed by atoms with Crippen molar-refractivity contribution in [3.05, 3.63) is 156 Å². The molecule has 2 aromatic carbocycles. The molecule has 0 saturated heterocycles. The molecule has 0 amide bonds. The molecular formula is C45H55N9. The molecule has 9 nitrogen and oxygen atoms in total. The summed E-state index contributed by atoms with van der Waals surface area (Å²) in [5, 5.41) is 18.7. The Bertz CT molecular complexity index is 2060. The maximum atomic E-state index is 5.05. The minimum absolute atomic E-state index is 0.589. The number of aromatic nitrogens is 3. The second-order valence-electron chi connectivity index (χ2n) is 14.9. The molecule has 5 N–H and O–H groups in total. The van der Waals surface area contributed by atoms with Crippen LogP contribution in [0.15, 0.2) is 59.6 Å². The van der Waals surface area contributed by atoms with Crippen molar-refractivity contribution in [3.8, 4) is 0 Å². The third kappa shape index (κ3) is 8.51. The fourth-order valence-electron chi connectivity index (χ4n) is 8.27.